The Morgan fingerprint density at radius 1 is 1.21 bits per heavy atom. The van der Waals surface area contributed by atoms with Crippen molar-refractivity contribution in [3.63, 3.8) is 0 Å². The first-order valence-electron chi connectivity index (χ1n) is 5.59. The summed E-state index contributed by atoms with van der Waals surface area (Å²) in [7, 11) is 1.50. The average molecular weight is 369 g/mol. The lowest BCUT2D eigenvalue weighted by atomic mass is 10.2. The minimum Gasteiger partial charge on any atom is -0.480 e. The van der Waals surface area contributed by atoms with Crippen molar-refractivity contribution in [1.29, 1.82) is 0 Å². The Morgan fingerprint density at radius 3 is 2.53 bits per heavy atom. The number of ether oxygens (including phenoxy) is 1. The number of amides is 1. The monoisotopic (exact) mass is 369 g/mol. The van der Waals surface area contributed by atoms with Crippen LogP contribution < -0.4 is 10.1 Å². The van der Waals surface area contributed by atoms with Crippen LogP contribution in [0.4, 0.5) is 0 Å². The molecule has 5 nitrogen and oxygen atoms in total. The third-order valence-corrected chi connectivity index (χ3v) is 3.17. The zero-order valence-electron chi connectivity index (χ0n) is 10.3. The van der Waals surface area contributed by atoms with Gasteiger partial charge in [-0.25, -0.2) is 0 Å². The van der Waals surface area contributed by atoms with Crippen LogP contribution in [0.25, 0.3) is 0 Å². The van der Waals surface area contributed by atoms with Crippen LogP contribution in [0.15, 0.2) is 36.4 Å². The molecule has 0 bridgehead atoms. The fraction of sp³-hybridized carbons (Fsp3) is 0.154. The molecule has 0 atom stereocenters. The van der Waals surface area contributed by atoms with Crippen LogP contribution in [-0.4, -0.2) is 23.2 Å². The first-order valence-corrected chi connectivity index (χ1v) is 6.67. The number of benzene rings is 1. The molecule has 0 saturated heterocycles. The largest absolute Gasteiger partial charge is 0.480 e. The number of carbonyl (C=O) groups is 1. The zero-order chi connectivity index (χ0) is 13.7. The van der Waals surface area contributed by atoms with Gasteiger partial charge in [-0.1, -0.05) is 12.1 Å². The summed E-state index contributed by atoms with van der Waals surface area (Å²) in [4.78, 5) is 11.8. The van der Waals surface area contributed by atoms with Gasteiger partial charge in [-0.05, 0) is 46.4 Å². The van der Waals surface area contributed by atoms with Crippen molar-refractivity contribution in [2.24, 2.45) is 0 Å². The van der Waals surface area contributed by atoms with Gasteiger partial charge in [0.2, 0.25) is 5.88 Å². The third kappa shape index (κ3) is 3.88. The summed E-state index contributed by atoms with van der Waals surface area (Å²) < 4.78 is 6.04. The second kappa shape index (κ2) is 6.46. The van der Waals surface area contributed by atoms with E-state index in [-0.39, 0.29) is 11.6 Å². The fourth-order valence-corrected chi connectivity index (χ4v) is 1.78. The summed E-state index contributed by atoms with van der Waals surface area (Å²) in [6.07, 6.45) is 0. The molecule has 0 unspecified atom stereocenters. The van der Waals surface area contributed by atoms with Crippen molar-refractivity contribution >= 4 is 28.5 Å². The summed E-state index contributed by atoms with van der Waals surface area (Å²) in [5.41, 5.74) is 1.31. The molecule has 1 amide bonds. The molecular weight excluding hydrogens is 357 g/mol. The number of methoxy groups -OCH3 is 1. The Kier molecular flexibility index (Phi) is 4.67. The molecule has 1 heterocycles. The van der Waals surface area contributed by atoms with Crippen molar-refractivity contribution in [2.45, 2.75) is 6.54 Å². The van der Waals surface area contributed by atoms with E-state index in [1.54, 1.807) is 12.1 Å². The first kappa shape index (κ1) is 13.7. The molecule has 0 spiro atoms. The predicted octanol–water partition coefficient (Wildman–Crippen LogP) is 2.02. The number of hydrogen-bond donors (Lipinski definition) is 1. The van der Waals surface area contributed by atoms with Crippen LogP contribution in [0.2, 0.25) is 0 Å². The number of nitrogens with one attached hydrogen (secondary N) is 1. The lowest BCUT2D eigenvalue weighted by Crippen LogP contribution is -2.24. The van der Waals surface area contributed by atoms with Crippen molar-refractivity contribution in [3.05, 3.63) is 51.2 Å². The smallest absolute Gasteiger partial charge is 0.272 e. The van der Waals surface area contributed by atoms with Gasteiger partial charge in [0, 0.05) is 16.2 Å². The topological polar surface area (TPSA) is 64.1 Å². The normalized spacial score (nSPS) is 10.0. The molecule has 2 rings (SSSR count). The van der Waals surface area contributed by atoms with Gasteiger partial charge in [-0.3, -0.25) is 4.79 Å². The van der Waals surface area contributed by atoms with Crippen LogP contribution in [0, 0.1) is 3.57 Å². The van der Waals surface area contributed by atoms with E-state index in [1.165, 1.54) is 7.11 Å². The molecule has 98 valence electrons. The quantitative estimate of drug-likeness (QED) is 0.838. The number of halogens is 1. The molecule has 6 heteroatoms. The minimum absolute atomic E-state index is 0.256. The van der Waals surface area contributed by atoms with Crippen molar-refractivity contribution in [3.8, 4) is 5.88 Å². The standard InChI is InChI=1S/C13H12IN3O2/c1-19-12-7-6-11(16-17-12)13(18)15-8-9-2-4-10(14)5-3-9/h2-7H,8H2,1H3,(H,15,18). The van der Waals surface area contributed by atoms with Gasteiger partial charge in [0.25, 0.3) is 5.91 Å². The van der Waals surface area contributed by atoms with Gasteiger partial charge in [-0.2, -0.15) is 0 Å². The molecule has 0 aliphatic rings. The van der Waals surface area contributed by atoms with Gasteiger partial charge in [0.15, 0.2) is 5.69 Å². The predicted molar refractivity (Wildman–Crippen MR) is 78.9 cm³/mol. The maximum absolute atomic E-state index is 11.8. The van der Waals surface area contributed by atoms with E-state index in [0.29, 0.717) is 12.4 Å². The number of aromatic nitrogens is 2. The van der Waals surface area contributed by atoms with Crippen LogP contribution in [-0.2, 0) is 6.54 Å². The highest BCUT2D eigenvalue weighted by Crippen LogP contribution is 2.07. The molecule has 1 aromatic carbocycles. The van der Waals surface area contributed by atoms with E-state index < -0.39 is 0 Å². The van der Waals surface area contributed by atoms with Crippen LogP contribution >= 0.6 is 22.6 Å². The SMILES string of the molecule is COc1ccc(C(=O)NCc2ccc(I)cc2)nn1. The molecule has 0 fully saturated rings. The number of rotatable bonds is 4. The van der Waals surface area contributed by atoms with Gasteiger partial charge in [0.1, 0.15) is 0 Å². The lowest BCUT2D eigenvalue weighted by molar-refractivity contribution is 0.0944. The molecule has 0 saturated carbocycles. The van der Waals surface area contributed by atoms with Gasteiger partial charge >= 0.3 is 0 Å². The van der Waals surface area contributed by atoms with Crippen molar-refractivity contribution in [2.75, 3.05) is 7.11 Å². The van der Waals surface area contributed by atoms with Crippen LogP contribution in [0.5, 0.6) is 5.88 Å². The Morgan fingerprint density at radius 2 is 1.95 bits per heavy atom. The van der Waals surface area contributed by atoms with E-state index in [1.807, 2.05) is 24.3 Å². The van der Waals surface area contributed by atoms with Crippen molar-refractivity contribution in [1.82, 2.24) is 15.5 Å². The molecule has 0 aliphatic carbocycles. The number of nitrogens with zero attached hydrogens (tertiary/aromatic N) is 2. The van der Waals surface area contributed by atoms with E-state index in [2.05, 4.69) is 38.1 Å². The average Bonchev–Trinajstić information content (AvgIpc) is 2.46. The summed E-state index contributed by atoms with van der Waals surface area (Å²) >= 11 is 2.24. The third-order valence-electron chi connectivity index (χ3n) is 2.45. The molecular formula is C13H12IN3O2. The highest BCUT2D eigenvalue weighted by atomic mass is 127. The summed E-state index contributed by atoms with van der Waals surface area (Å²) in [5.74, 6) is 0.128. The Balaban J connectivity index is 1.95. The lowest BCUT2D eigenvalue weighted by Gasteiger charge is -2.05. The molecule has 2 aromatic rings. The fourth-order valence-electron chi connectivity index (χ4n) is 1.43. The highest BCUT2D eigenvalue weighted by molar-refractivity contribution is 14.1. The molecule has 0 radical (unpaired) electrons. The van der Waals surface area contributed by atoms with Gasteiger partial charge in [0.05, 0.1) is 7.11 Å². The Bertz CT molecular complexity index is 555. The molecule has 19 heavy (non-hydrogen) atoms. The first-order chi connectivity index (χ1) is 9.19. The van der Waals surface area contributed by atoms with E-state index in [0.717, 1.165) is 9.13 Å². The molecule has 0 aliphatic heterocycles. The zero-order valence-corrected chi connectivity index (χ0v) is 12.4. The van der Waals surface area contributed by atoms with Crippen molar-refractivity contribution < 1.29 is 9.53 Å². The second-order valence-corrected chi connectivity index (χ2v) is 5.02. The maximum Gasteiger partial charge on any atom is 0.272 e. The minimum atomic E-state index is -0.256. The van der Waals surface area contributed by atoms with Gasteiger partial charge < -0.3 is 10.1 Å². The molecule has 1 aromatic heterocycles. The summed E-state index contributed by atoms with van der Waals surface area (Å²) in [6.45, 7) is 0.462. The molecule has 1 N–H and O–H groups in total. The number of carbonyl (C=O) groups excluding carboxylic acids is 1. The summed E-state index contributed by atoms with van der Waals surface area (Å²) in [6, 6.07) is 11.1. The van der Waals surface area contributed by atoms with E-state index in [9.17, 15) is 4.79 Å². The second-order valence-electron chi connectivity index (χ2n) is 3.77. The number of hydrogen-bond acceptors (Lipinski definition) is 4. The Labute approximate surface area is 124 Å². The maximum atomic E-state index is 11.8. The Hall–Kier alpha value is -1.70. The van der Waals surface area contributed by atoms with Crippen LogP contribution in [0.1, 0.15) is 16.1 Å². The summed E-state index contributed by atoms with van der Waals surface area (Å²) in [5, 5.41) is 10.3. The highest BCUT2D eigenvalue weighted by Gasteiger charge is 2.07. The van der Waals surface area contributed by atoms with Gasteiger partial charge in [-0.15, -0.1) is 10.2 Å². The van der Waals surface area contributed by atoms with E-state index in [4.69, 9.17) is 4.74 Å². The van der Waals surface area contributed by atoms with Crippen LogP contribution in [0.3, 0.4) is 0 Å². The van der Waals surface area contributed by atoms with E-state index >= 15 is 0 Å².